The Morgan fingerprint density at radius 3 is 2.89 bits per heavy atom. The molecule has 2 aromatic heterocycles. The van der Waals surface area contributed by atoms with E-state index in [0.717, 1.165) is 29.8 Å². The molecular weight excluding hydrogens is 240 g/mol. The van der Waals surface area contributed by atoms with Gasteiger partial charge >= 0.3 is 0 Å². The van der Waals surface area contributed by atoms with E-state index in [1.54, 1.807) is 6.20 Å². The zero-order valence-corrected chi connectivity index (χ0v) is 11.5. The highest BCUT2D eigenvalue weighted by Gasteiger charge is 2.17. The molecule has 1 N–H and O–H groups in total. The molecule has 0 bridgehead atoms. The molecule has 0 amide bonds. The number of anilines is 1. The molecule has 3 heterocycles. The highest BCUT2D eigenvalue weighted by Crippen LogP contribution is 2.18. The molecule has 6 nitrogen and oxygen atoms in total. The van der Waals surface area contributed by atoms with Gasteiger partial charge in [0.25, 0.3) is 0 Å². The van der Waals surface area contributed by atoms with Gasteiger partial charge in [-0.3, -0.25) is 4.40 Å². The van der Waals surface area contributed by atoms with Gasteiger partial charge in [0.15, 0.2) is 5.82 Å². The lowest BCUT2D eigenvalue weighted by Crippen LogP contribution is -2.33. The largest absolute Gasteiger partial charge is 0.367 e. The monoisotopic (exact) mass is 260 g/mol. The van der Waals surface area contributed by atoms with Gasteiger partial charge < -0.3 is 10.2 Å². The standard InChI is InChI=1S/C13H20N6/c1-10-16-17-13-12(14-5-8-19(10)13)15-9-11-3-6-18(2)7-4-11/h5,8,11H,3-4,6-7,9H2,1-2H3,(H,14,15). The summed E-state index contributed by atoms with van der Waals surface area (Å²) in [5, 5.41) is 11.7. The van der Waals surface area contributed by atoms with Gasteiger partial charge in [0, 0.05) is 18.9 Å². The summed E-state index contributed by atoms with van der Waals surface area (Å²) in [5.41, 5.74) is 0.813. The zero-order valence-electron chi connectivity index (χ0n) is 11.5. The van der Waals surface area contributed by atoms with Crippen molar-refractivity contribution in [2.75, 3.05) is 32.0 Å². The molecule has 0 radical (unpaired) electrons. The van der Waals surface area contributed by atoms with Crippen molar-refractivity contribution >= 4 is 11.5 Å². The number of likely N-dealkylation sites (tertiary alicyclic amines) is 1. The number of aromatic nitrogens is 4. The molecule has 3 rings (SSSR count). The molecule has 0 unspecified atom stereocenters. The topological polar surface area (TPSA) is 58.4 Å². The van der Waals surface area contributed by atoms with Crippen LogP contribution in [0.25, 0.3) is 5.65 Å². The summed E-state index contributed by atoms with van der Waals surface area (Å²) in [6.07, 6.45) is 6.18. The van der Waals surface area contributed by atoms with Crippen LogP contribution in [0.1, 0.15) is 18.7 Å². The Morgan fingerprint density at radius 2 is 2.11 bits per heavy atom. The highest BCUT2D eigenvalue weighted by molar-refractivity contribution is 5.61. The second-order valence-electron chi connectivity index (χ2n) is 5.34. The summed E-state index contributed by atoms with van der Waals surface area (Å²) in [6, 6.07) is 0. The van der Waals surface area contributed by atoms with Crippen molar-refractivity contribution in [3.05, 3.63) is 18.2 Å². The first-order valence-electron chi connectivity index (χ1n) is 6.83. The summed E-state index contributed by atoms with van der Waals surface area (Å²) in [5.74, 6) is 2.45. The van der Waals surface area contributed by atoms with E-state index in [2.05, 4.69) is 32.4 Å². The van der Waals surface area contributed by atoms with Crippen LogP contribution >= 0.6 is 0 Å². The third-order valence-electron chi connectivity index (χ3n) is 3.89. The van der Waals surface area contributed by atoms with Gasteiger partial charge in [0.2, 0.25) is 5.65 Å². The van der Waals surface area contributed by atoms with Crippen LogP contribution < -0.4 is 5.32 Å². The molecule has 0 aliphatic carbocycles. The number of piperidine rings is 1. The van der Waals surface area contributed by atoms with Gasteiger partial charge in [-0.15, -0.1) is 10.2 Å². The smallest absolute Gasteiger partial charge is 0.203 e. The van der Waals surface area contributed by atoms with Crippen LogP contribution in [0.2, 0.25) is 0 Å². The van der Waals surface area contributed by atoms with Crippen molar-refractivity contribution in [2.45, 2.75) is 19.8 Å². The predicted molar refractivity (Wildman–Crippen MR) is 74.2 cm³/mol. The van der Waals surface area contributed by atoms with Crippen molar-refractivity contribution in [2.24, 2.45) is 5.92 Å². The minimum Gasteiger partial charge on any atom is -0.367 e. The number of nitrogens with one attached hydrogen (secondary N) is 1. The minimum atomic E-state index is 0.724. The van der Waals surface area contributed by atoms with E-state index in [4.69, 9.17) is 0 Å². The molecule has 0 aromatic carbocycles. The van der Waals surface area contributed by atoms with Crippen LogP contribution in [0.3, 0.4) is 0 Å². The van der Waals surface area contributed by atoms with Gasteiger partial charge in [-0.25, -0.2) is 4.98 Å². The lowest BCUT2D eigenvalue weighted by atomic mass is 9.97. The average Bonchev–Trinajstić information content (AvgIpc) is 2.81. The summed E-state index contributed by atoms with van der Waals surface area (Å²) < 4.78 is 1.96. The van der Waals surface area contributed by atoms with Crippen LogP contribution in [0.5, 0.6) is 0 Å². The van der Waals surface area contributed by atoms with E-state index in [1.165, 1.54) is 25.9 Å². The van der Waals surface area contributed by atoms with Crippen molar-refractivity contribution in [3.63, 3.8) is 0 Å². The van der Waals surface area contributed by atoms with Crippen molar-refractivity contribution in [3.8, 4) is 0 Å². The molecule has 0 saturated carbocycles. The second kappa shape index (κ2) is 5.13. The first-order chi connectivity index (χ1) is 9.24. The molecule has 19 heavy (non-hydrogen) atoms. The molecule has 6 heteroatoms. The summed E-state index contributed by atoms with van der Waals surface area (Å²) in [6.45, 7) is 5.29. The Hall–Kier alpha value is -1.69. The molecule has 0 spiro atoms. The first-order valence-corrected chi connectivity index (χ1v) is 6.83. The molecule has 1 saturated heterocycles. The Kier molecular flexibility index (Phi) is 3.33. The van der Waals surface area contributed by atoms with Crippen molar-refractivity contribution < 1.29 is 0 Å². The maximum absolute atomic E-state index is 4.37. The number of hydrogen-bond donors (Lipinski definition) is 1. The molecule has 1 fully saturated rings. The lowest BCUT2D eigenvalue weighted by molar-refractivity contribution is 0.226. The van der Waals surface area contributed by atoms with Crippen molar-refractivity contribution in [1.29, 1.82) is 0 Å². The Bertz CT molecular complexity index is 555. The van der Waals surface area contributed by atoms with E-state index in [9.17, 15) is 0 Å². The van der Waals surface area contributed by atoms with E-state index in [-0.39, 0.29) is 0 Å². The van der Waals surface area contributed by atoms with Gasteiger partial charge in [-0.05, 0) is 45.8 Å². The fourth-order valence-corrected chi connectivity index (χ4v) is 2.57. The number of aryl methyl sites for hydroxylation is 1. The SMILES string of the molecule is Cc1nnc2c(NCC3CCN(C)CC3)nccn12. The molecule has 2 aromatic rings. The van der Waals surface area contributed by atoms with Crippen LogP contribution in [0, 0.1) is 12.8 Å². The van der Waals surface area contributed by atoms with Crippen LogP contribution in [0.15, 0.2) is 12.4 Å². The maximum Gasteiger partial charge on any atom is 0.203 e. The number of fused-ring (bicyclic) bond motifs is 1. The third kappa shape index (κ3) is 2.53. The number of rotatable bonds is 3. The lowest BCUT2D eigenvalue weighted by Gasteiger charge is -2.29. The van der Waals surface area contributed by atoms with E-state index in [0.29, 0.717) is 0 Å². The quantitative estimate of drug-likeness (QED) is 0.898. The van der Waals surface area contributed by atoms with Crippen LogP contribution in [0.4, 0.5) is 5.82 Å². The highest BCUT2D eigenvalue weighted by atomic mass is 15.3. The first kappa shape index (κ1) is 12.3. The third-order valence-corrected chi connectivity index (χ3v) is 3.89. The fraction of sp³-hybridized carbons (Fsp3) is 0.615. The predicted octanol–water partition coefficient (Wildman–Crippen LogP) is 1.19. The van der Waals surface area contributed by atoms with Crippen LogP contribution in [-0.4, -0.2) is 51.2 Å². The minimum absolute atomic E-state index is 0.724. The van der Waals surface area contributed by atoms with E-state index < -0.39 is 0 Å². The summed E-state index contributed by atoms with van der Waals surface area (Å²) >= 11 is 0. The van der Waals surface area contributed by atoms with Crippen molar-refractivity contribution in [1.82, 2.24) is 24.5 Å². The van der Waals surface area contributed by atoms with Gasteiger partial charge in [-0.1, -0.05) is 0 Å². The average molecular weight is 260 g/mol. The number of nitrogens with zero attached hydrogens (tertiary/aromatic N) is 5. The molecule has 102 valence electrons. The molecule has 0 atom stereocenters. The fourth-order valence-electron chi connectivity index (χ4n) is 2.57. The van der Waals surface area contributed by atoms with E-state index in [1.807, 2.05) is 17.5 Å². The Balaban J connectivity index is 1.68. The van der Waals surface area contributed by atoms with Gasteiger partial charge in [0.05, 0.1) is 0 Å². The maximum atomic E-state index is 4.37. The van der Waals surface area contributed by atoms with Gasteiger partial charge in [-0.2, -0.15) is 0 Å². The van der Waals surface area contributed by atoms with Gasteiger partial charge in [0.1, 0.15) is 5.82 Å². The van der Waals surface area contributed by atoms with E-state index >= 15 is 0 Å². The Morgan fingerprint density at radius 1 is 1.32 bits per heavy atom. The second-order valence-corrected chi connectivity index (χ2v) is 5.34. The number of hydrogen-bond acceptors (Lipinski definition) is 5. The normalized spacial score (nSPS) is 18.0. The van der Waals surface area contributed by atoms with Crippen LogP contribution in [-0.2, 0) is 0 Å². The molecule has 1 aliphatic rings. The molecular formula is C13H20N6. The Labute approximate surface area is 112 Å². The molecule has 1 aliphatic heterocycles. The summed E-state index contributed by atoms with van der Waals surface area (Å²) in [4.78, 5) is 6.76. The zero-order chi connectivity index (χ0) is 13.2. The summed E-state index contributed by atoms with van der Waals surface area (Å²) in [7, 11) is 2.19.